The summed E-state index contributed by atoms with van der Waals surface area (Å²) in [5.74, 6) is -1.10. The van der Waals surface area contributed by atoms with Crippen LogP contribution >= 0.6 is 0 Å². The van der Waals surface area contributed by atoms with E-state index in [9.17, 15) is 9.59 Å². The molecule has 2 aliphatic heterocycles. The molecule has 0 unspecified atom stereocenters. The first kappa shape index (κ1) is 19.9. The lowest BCUT2D eigenvalue weighted by Crippen LogP contribution is -2.47. The van der Waals surface area contributed by atoms with Crippen molar-refractivity contribution in [1.82, 2.24) is 9.47 Å². The minimum Gasteiger partial charge on any atom is -0.464 e. The number of anilines is 1. The smallest absolute Gasteiger partial charge is 0.356 e. The first-order valence-electron chi connectivity index (χ1n) is 9.90. The third kappa shape index (κ3) is 3.63. The van der Waals surface area contributed by atoms with Crippen molar-refractivity contribution in [2.45, 2.75) is 25.6 Å². The van der Waals surface area contributed by atoms with Gasteiger partial charge in [0, 0.05) is 38.4 Å². The van der Waals surface area contributed by atoms with Crippen molar-refractivity contribution in [3.63, 3.8) is 0 Å². The third-order valence-corrected chi connectivity index (χ3v) is 5.88. The highest BCUT2D eigenvalue weighted by Gasteiger charge is 2.40. The fourth-order valence-corrected chi connectivity index (χ4v) is 4.34. The van der Waals surface area contributed by atoms with Gasteiger partial charge < -0.3 is 24.1 Å². The summed E-state index contributed by atoms with van der Waals surface area (Å²) in [5, 5.41) is 3.83. The minimum absolute atomic E-state index is 0.157. The van der Waals surface area contributed by atoms with Crippen LogP contribution in [0.4, 0.5) is 5.69 Å². The van der Waals surface area contributed by atoms with Crippen LogP contribution in [-0.4, -0.2) is 67.1 Å². The van der Waals surface area contributed by atoms with E-state index in [1.807, 2.05) is 25.1 Å². The number of benzene rings is 1. The van der Waals surface area contributed by atoms with Gasteiger partial charge in [0.25, 0.3) is 0 Å². The highest BCUT2D eigenvalue weighted by molar-refractivity contribution is 6.12. The Bertz CT molecular complexity index is 935. The summed E-state index contributed by atoms with van der Waals surface area (Å²) >= 11 is 0. The number of ether oxygens (including phenoxy) is 3. The Kier molecular flexibility index (Phi) is 5.33. The lowest BCUT2D eigenvalue weighted by atomic mass is 10.0. The molecule has 29 heavy (non-hydrogen) atoms. The molecule has 1 aromatic heterocycles. The number of piperidine rings is 1. The number of aromatic nitrogens is 1. The topological polar surface area (TPSA) is 82.0 Å². The van der Waals surface area contributed by atoms with Gasteiger partial charge in [-0.15, -0.1) is 0 Å². The molecule has 0 saturated carbocycles. The maximum atomic E-state index is 12.8. The number of aryl methyl sites for hydroxylation is 2. The number of nitrogens with zero attached hydrogens (tertiary/aromatic N) is 2. The second-order valence-corrected chi connectivity index (χ2v) is 7.68. The monoisotopic (exact) mass is 401 g/mol. The van der Waals surface area contributed by atoms with Crippen LogP contribution in [0.25, 0.3) is 10.9 Å². The van der Waals surface area contributed by atoms with Gasteiger partial charge in [-0.05, 0) is 18.6 Å². The second-order valence-electron chi connectivity index (χ2n) is 7.68. The fraction of sp³-hybridized carbons (Fsp3) is 0.524. The molecule has 156 valence electrons. The summed E-state index contributed by atoms with van der Waals surface area (Å²) in [6.45, 7) is 4.94. The summed E-state index contributed by atoms with van der Waals surface area (Å²) in [4.78, 5) is 27.3. The zero-order chi connectivity index (χ0) is 20.6. The molecule has 8 nitrogen and oxygen atoms in total. The van der Waals surface area contributed by atoms with Crippen molar-refractivity contribution in [2.24, 2.45) is 7.05 Å². The predicted molar refractivity (Wildman–Crippen MR) is 108 cm³/mol. The van der Waals surface area contributed by atoms with Gasteiger partial charge >= 0.3 is 5.97 Å². The van der Waals surface area contributed by atoms with Gasteiger partial charge in [-0.25, -0.2) is 4.79 Å². The van der Waals surface area contributed by atoms with E-state index in [2.05, 4.69) is 10.2 Å². The van der Waals surface area contributed by atoms with Crippen molar-refractivity contribution in [2.75, 3.05) is 45.3 Å². The molecule has 1 N–H and O–H groups in total. The summed E-state index contributed by atoms with van der Waals surface area (Å²) < 4.78 is 18.2. The fourth-order valence-electron chi connectivity index (χ4n) is 4.34. The van der Waals surface area contributed by atoms with Crippen molar-refractivity contribution in [3.05, 3.63) is 29.5 Å². The largest absolute Gasteiger partial charge is 0.464 e. The number of likely N-dealkylation sites (tertiary alicyclic amines) is 1. The van der Waals surface area contributed by atoms with Crippen LogP contribution in [-0.2, 0) is 26.1 Å². The standard InChI is InChI=1S/C21H27N3O5/c1-14-5-4-6-15-17(14)18(19(23(15)2)20(26)27-3)22-16(25)13-24-9-7-21(8-10-24)28-11-12-29-21/h4-6H,7-13H2,1-3H3,(H,22,25). The molecule has 1 aromatic carbocycles. The predicted octanol–water partition coefficient (Wildman–Crippen LogP) is 2.05. The Labute approximate surface area is 169 Å². The van der Waals surface area contributed by atoms with Crippen LogP contribution in [0.3, 0.4) is 0 Å². The van der Waals surface area contributed by atoms with Crippen molar-refractivity contribution >= 4 is 28.5 Å². The van der Waals surface area contributed by atoms with E-state index in [1.54, 1.807) is 11.6 Å². The molecule has 2 aromatic rings. The molecular weight excluding hydrogens is 374 g/mol. The number of rotatable bonds is 4. The van der Waals surface area contributed by atoms with E-state index >= 15 is 0 Å². The number of hydrogen-bond donors (Lipinski definition) is 1. The minimum atomic E-state index is -0.478. The van der Waals surface area contributed by atoms with Gasteiger partial charge in [0.1, 0.15) is 0 Å². The van der Waals surface area contributed by atoms with Gasteiger partial charge in [0.05, 0.1) is 38.1 Å². The van der Waals surface area contributed by atoms with E-state index in [0.717, 1.165) is 42.4 Å². The highest BCUT2D eigenvalue weighted by Crippen LogP contribution is 2.34. The Morgan fingerprint density at radius 3 is 2.55 bits per heavy atom. The Balaban J connectivity index is 1.53. The number of methoxy groups -OCH3 is 1. The van der Waals surface area contributed by atoms with Gasteiger partial charge in [-0.2, -0.15) is 0 Å². The maximum absolute atomic E-state index is 12.8. The molecule has 0 atom stereocenters. The summed E-state index contributed by atoms with van der Waals surface area (Å²) in [5.41, 5.74) is 2.71. The molecule has 3 heterocycles. The van der Waals surface area contributed by atoms with Gasteiger partial charge in [0.15, 0.2) is 11.5 Å². The van der Waals surface area contributed by atoms with Gasteiger partial charge in [0.2, 0.25) is 5.91 Å². The lowest BCUT2D eigenvalue weighted by molar-refractivity contribution is -0.185. The first-order valence-corrected chi connectivity index (χ1v) is 9.90. The molecule has 2 saturated heterocycles. The SMILES string of the molecule is COC(=O)c1c(NC(=O)CN2CCC3(CC2)OCCO3)c2c(C)cccc2n1C. The molecule has 0 aliphatic carbocycles. The van der Waals surface area contributed by atoms with E-state index in [-0.39, 0.29) is 12.5 Å². The first-order chi connectivity index (χ1) is 13.9. The number of esters is 1. The molecule has 2 fully saturated rings. The quantitative estimate of drug-likeness (QED) is 0.790. The maximum Gasteiger partial charge on any atom is 0.356 e. The average Bonchev–Trinajstić information content (AvgIpc) is 3.27. The molecule has 2 aliphatic rings. The molecule has 8 heteroatoms. The number of amides is 1. The van der Waals surface area contributed by atoms with Crippen molar-refractivity contribution in [3.8, 4) is 0 Å². The van der Waals surface area contributed by atoms with Gasteiger partial charge in [-0.1, -0.05) is 12.1 Å². The molecule has 1 spiro atoms. The molecule has 0 radical (unpaired) electrons. The normalized spacial score (nSPS) is 19.0. The number of carbonyl (C=O) groups excluding carboxylic acids is 2. The second kappa shape index (κ2) is 7.78. The van der Waals surface area contributed by atoms with Gasteiger partial charge in [-0.3, -0.25) is 9.69 Å². The van der Waals surface area contributed by atoms with Crippen LogP contribution < -0.4 is 5.32 Å². The summed E-state index contributed by atoms with van der Waals surface area (Å²) in [7, 11) is 3.14. The zero-order valence-electron chi connectivity index (χ0n) is 17.1. The Hall–Kier alpha value is -2.42. The van der Waals surface area contributed by atoms with E-state index in [1.165, 1.54) is 7.11 Å². The van der Waals surface area contributed by atoms with E-state index in [0.29, 0.717) is 24.6 Å². The zero-order valence-corrected chi connectivity index (χ0v) is 17.1. The number of hydrogen-bond acceptors (Lipinski definition) is 6. The van der Waals surface area contributed by atoms with Crippen molar-refractivity contribution in [1.29, 1.82) is 0 Å². The summed E-state index contributed by atoms with van der Waals surface area (Å²) in [6.07, 6.45) is 1.50. The molecule has 1 amide bonds. The van der Waals surface area contributed by atoms with Crippen LogP contribution in [0.5, 0.6) is 0 Å². The number of carbonyl (C=O) groups is 2. The molecule has 0 bridgehead atoms. The van der Waals surface area contributed by atoms with Crippen LogP contribution in [0, 0.1) is 6.92 Å². The van der Waals surface area contributed by atoms with Crippen LogP contribution in [0.2, 0.25) is 0 Å². The molecule has 4 rings (SSSR count). The highest BCUT2D eigenvalue weighted by atomic mass is 16.7. The Morgan fingerprint density at radius 1 is 1.21 bits per heavy atom. The number of fused-ring (bicyclic) bond motifs is 1. The third-order valence-electron chi connectivity index (χ3n) is 5.88. The number of nitrogens with one attached hydrogen (secondary N) is 1. The van der Waals surface area contributed by atoms with E-state index < -0.39 is 11.8 Å². The Morgan fingerprint density at radius 2 is 1.90 bits per heavy atom. The summed E-state index contributed by atoms with van der Waals surface area (Å²) in [6, 6.07) is 5.82. The van der Waals surface area contributed by atoms with Crippen molar-refractivity contribution < 1.29 is 23.8 Å². The lowest BCUT2D eigenvalue weighted by Gasteiger charge is -2.37. The van der Waals surface area contributed by atoms with Crippen LogP contribution in [0.15, 0.2) is 18.2 Å². The average molecular weight is 401 g/mol. The van der Waals surface area contributed by atoms with E-state index in [4.69, 9.17) is 14.2 Å². The molecular formula is C21H27N3O5. The van der Waals surface area contributed by atoms with Crippen LogP contribution in [0.1, 0.15) is 28.9 Å².